The van der Waals surface area contributed by atoms with Crippen LogP contribution in [0.2, 0.25) is 0 Å². The summed E-state index contributed by atoms with van der Waals surface area (Å²) in [6.45, 7) is 6.14. The normalized spacial score (nSPS) is 17.3. The maximum atomic E-state index is 13.4. The fourth-order valence-corrected chi connectivity index (χ4v) is 4.53. The largest absolute Gasteiger partial charge is 0.331 e. The van der Waals surface area contributed by atoms with Crippen LogP contribution < -0.4 is 0 Å². The molecule has 0 N–H and O–H groups in total. The zero-order valence-electron chi connectivity index (χ0n) is 15.9. The van der Waals surface area contributed by atoms with E-state index in [1.807, 2.05) is 30.2 Å². The van der Waals surface area contributed by atoms with Crippen molar-refractivity contribution in [2.75, 3.05) is 13.1 Å². The van der Waals surface area contributed by atoms with Crippen LogP contribution in [0.5, 0.6) is 0 Å². The third-order valence-electron chi connectivity index (χ3n) is 5.30. The molecule has 3 rings (SSSR count). The van der Waals surface area contributed by atoms with Crippen LogP contribution in [0.4, 0.5) is 4.39 Å². The van der Waals surface area contributed by atoms with Crippen LogP contribution in [-0.2, 0) is 16.0 Å². The molecule has 0 bridgehead atoms. The summed E-state index contributed by atoms with van der Waals surface area (Å²) in [7, 11) is 0. The molecule has 0 radical (unpaired) electrons. The van der Waals surface area contributed by atoms with E-state index in [9.17, 15) is 14.0 Å². The number of hydrogen-bond acceptors (Lipinski definition) is 3. The van der Waals surface area contributed by atoms with Gasteiger partial charge in [-0.2, -0.15) is 0 Å². The van der Waals surface area contributed by atoms with Gasteiger partial charge < -0.3 is 9.80 Å². The number of fused-ring (bicyclic) bond motifs is 1. The molecule has 1 aromatic carbocycles. The molecule has 27 heavy (non-hydrogen) atoms. The van der Waals surface area contributed by atoms with E-state index in [0.29, 0.717) is 6.54 Å². The second-order valence-corrected chi connectivity index (χ2v) is 8.00. The number of amides is 2. The summed E-state index contributed by atoms with van der Waals surface area (Å²) in [4.78, 5) is 29.9. The minimum absolute atomic E-state index is 0.0113. The predicted octanol–water partition coefficient (Wildman–Crippen LogP) is 4.01. The van der Waals surface area contributed by atoms with Crippen LogP contribution in [0.25, 0.3) is 0 Å². The summed E-state index contributed by atoms with van der Waals surface area (Å²) in [5.41, 5.74) is 1.99. The van der Waals surface area contributed by atoms with E-state index in [2.05, 4.69) is 0 Å². The van der Waals surface area contributed by atoms with Crippen LogP contribution in [0.15, 0.2) is 35.7 Å². The molecule has 2 aromatic rings. The highest BCUT2D eigenvalue weighted by molar-refractivity contribution is 7.10. The molecule has 1 aromatic heterocycles. The smallest absolute Gasteiger partial charge is 0.243 e. The second kappa shape index (κ2) is 8.21. The summed E-state index contributed by atoms with van der Waals surface area (Å²) in [6.07, 6.45) is 1.60. The lowest BCUT2D eigenvalue weighted by atomic mass is 9.93. The Bertz CT molecular complexity index is 818. The van der Waals surface area contributed by atoms with Gasteiger partial charge in [-0.1, -0.05) is 19.1 Å². The second-order valence-electron chi connectivity index (χ2n) is 6.99. The van der Waals surface area contributed by atoms with Crippen LogP contribution in [0.1, 0.15) is 49.2 Å². The molecule has 0 fully saturated rings. The van der Waals surface area contributed by atoms with Gasteiger partial charge in [0.1, 0.15) is 12.4 Å². The minimum Gasteiger partial charge on any atom is -0.331 e. The van der Waals surface area contributed by atoms with E-state index in [1.165, 1.54) is 23.9 Å². The molecule has 144 valence electrons. The van der Waals surface area contributed by atoms with Crippen molar-refractivity contribution in [2.24, 2.45) is 0 Å². The molecule has 4 nitrogen and oxygen atoms in total. The Kier molecular flexibility index (Phi) is 5.95. The van der Waals surface area contributed by atoms with Crippen molar-refractivity contribution in [2.45, 2.75) is 45.7 Å². The monoisotopic (exact) mass is 388 g/mol. The van der Waals surface area contributed by atoms with Gasteiger partial charge in [-0.05, 0) is 54.5 Å². The molecular formula is C21H25FN2O2S. The van der Waals surface area contributed by atoms with Crippen LogP contribution in [-0.4, -0.2) is 40.7 Å². The number of hydrogen-bond donors (Lipinski definition) is 0. The standard InChI is InChI=1S/C21H25FN2O2S/c1-4-14(2)24(15(3)25)13-20(26)23-11-9-19-18(10-12-27-19)21(23)16-5-7-17(22)8-6-16/h5-8,10,12,14,21H,4,9,11,13H2,1-3H3/t14-,21-/m1/s1. The van der Waals surface area contributed by atoms with Crippen molar-refractivity contribution in [3.05, 3.63) is 57.5 Å². The van der Waals surface area contributed by atoms with Gasteiger partial charge in [0.25, 0.3) is 0 Å². The molecule has 0 spiro atoms. The van der Waals surface area contributed by atoms with E-state index >= 15 is 0 Å². The van der Waals surface area contributed by atoms with E-state index in [-0.39, 0.29) is 36.3 Å². The van der Waals surface area contributed by atoms with Crippen molar-refractivity contribution >= 4 is 23.2 Å². The highest BCUT2D eigenvalue weighted by Crippen LogP contribution is 2.37. The number of carbonyl (C=O) groups excluding carboxylic acids is 2. The van der Waals surface area contributed by atoms with E-state index in [1.54, 1.807) is 28.4 Å². The fraction of sp³-hybridized carbons (Fsp3) is 0.429. The number of halogens is 1. The zero-order chi connectivity index (χ0) is 19.6. The van der Waals surface area contributed by atoms with Crippen LogP contribution in [0.3, 0.4) is 0 Å². The third kappa shape index (κ3) is 4.05. The summed E-state index contributed by atoms with van der Waals surface area (Å²) >= 11 is 1.69. The predicted molar refractivity (Wildman–Crippen MR) is 105 cm³/mol. The molecule has 2 heterocycles. The highest BCUT2D eigenvalue weighted by atomic mass is 32.1. The Morgan fingerprint density at radius 2 is 2.00 bits per heavy atom. The Labute approximate surface area is 163 Å². The molecule has 0 saturated carbocycles. The number of nitrogens with zero attached hydrogens (tertiary/aromatic N) is 2. The topological polar surface area (TPSA) is 40.6 Å². The van der Waals surface area contributed by atoms with Gasteiger partial charge in [0.2, 0.25) is 11.8 Å². The molecule has 6 heteroatoms. The Hall–Kier alpha value is -2.21. The third-order valence-corrected chi connectivity index (χ3v) is 6.30. The minimum atomic E-state index is -0.294. The molecular weight excluding hydrogens is 363 g/mol. The number of thiophene rings is 1. The molecule has 1 aliphatic rings. The van der Waals surface area contributed by atoms with Crippen LogP contribution in [0, 0.1) is 5.82 Å². The lowest BCUT2D eigenvalue weighted by Crippen LogP contribution is -2.48. The van der Waals surface area contributed by atoms with E-state index < -0.39 is 0 Å². The maximum absolute atomic E-state index is 13.4. The van der Waals surface area contributed by atoms with Gasteiger partial charge in [0.05, 0.1) is 6.04 Å². The molecule has 2 amide bonds. The fourth-order valence-electron chi connectivity index (χ4n) is 3.62. The van der Waals surface area contributed by atoms with Gasteiger partial charge in [-0.3, -0.25) is 9.59 Å². The quantitative estimate of drug-likeness (QED) is 0.777. The first-order chi connectivity index (χ1) is 12.9. The van der Waals surface area contributed by atoms with Gasteiger partial charge in [0, 0.05) is 24.4 Å². The highest BCUT2D eigenvalue weighted by Gasteiger charge is 2.34. The van der Waals surface area contributed by atoms with Crippen molar-refractivity contribution in [3.63, 3.8) is 0 Å². The molecule has 0 aliphatic carbocycles. The van der Waals surface area contributed by atoms with Gasteiger partial charge in [-0.25, -0.2) is 4.39 Å². The summed E-state index contributed by atoms with van der Waals surface area (Å²) < 4.78 is 13.4. The maximum Gasteiger partial charge on any atom is 0.243 e. The molecule has 1 aliphatic heterocycles. The Morgan fingerprint density at radius 1 is 1.30 bits per heavy atom. The zero-order valence-corrected chi connectivity index (χ0v) is 16.8. The first-order valence-corrected chi connectivity index (χ1v) is 10.2. The lowest BCUT2D eigenvalue weighted by Gasteiger charge is -2.38. The average Bonchev–Trinajstić information content (AvgIpc) is 3.13. The molecule has 0 unspecified atom stereocenters. The number of carbonyl (C=O) groups is 2. The Morgan fingerprint density at radius 3 is 2.63 bits per heavy atom. The van der Waals surface area contributed by atoms with Crippen molar-refractivity contribution in [1.29, 1.82) is 0 Å². The summed E-state index contributed by atoms with van der Waals surface area (Å²) in [5.74, 6) is -0.460. The van der Waals surface area contributed by atoms with Crippen molar-refractivity contribution in [3.8, 4) is 0 Å². The lowest BCUT2D eigenvalue weighted by molar-refractivity contribution is -0.142. The Balaban J connectivity index is 1.91. The average molecular weight is 389 g/mol. The van der Waals surface area contributed by atoms with Gasteiger partial charge >= 0.3 is 0 Å². The van der Waals surface area contributed by atoms with Gasteiger partial charge in [0.15, 0.2) is 0 Å². The summed E-state index contributed by atoms with van der Waals surface area (Å²) in [5, 5.41) is 2.04. The van der Waals surface area contributed by atoms with Gasteiger partial charge in [-0.15, -0.1) is 11.3 Å². The molecule has 2 atom stereocenters. The SMILES string of the molecule is CC[C@@H](C)N(CC(=O)N1CCc2sccc2[C@H]1c1ccc(F)cc1)C(C)=O. The molecule has 0 saturated heterocycles. The first kappa shape index (κ1) is 19.5. The van der Waals surface area contributed by atoms with E-state index in [4.69, 9.17) is 0 Å². The van der Waals surface area contributed by atoms with E-state index in [0.717, 1.165) is 24.0 Å². The number of benzene rings is 1. The van der Waals surface area contributed by atoms with Crippen LogP contribution >= 0.6 is 11.3 Å². The van der Waals surface area contributed by atoms with Crippen molar-refractivity contribution < 1.29 is 14.0 Å². The first-order valence-electron chi connectivity index (χ1n) is 9.30. The van der Waals surface area contributed by atoms with Crippen molar-refractivity contribution in [1.82, 2.24) is 9.80 Å². The summed E-state index contributed by atoms with van der Waals surface area (Å²) in [6, 6.07) is 8.16. The number of rotatable bonds is 5.